The monoisotopic (exact) mass is 333 g/mol. The van der Waals surface area contributed by atoms with Gasteiger partial charge < -0.3 is 10.1 Å². The SMILES string of the molecule is COc1ccc(C)cc1NC(=O)c1cc(S(C)(=O)=O)ccc1C. The Morgan fingerprint density at radius 3 is 2.39 bits per heavy atom. The quantitative estimate of drug-likeness (QED) is 0.933. The number of carbonyl (C=O) groups excluding carboxylic acids is 1. The fourth-order valence-electron chi connectivity index (χ4n) is 2.19. The van der Waals surface area contributed by atoms with E-state index >= 15 is 0 Å². The van der Waals surface area contributed by atoms with Crippen molar-refractivity contribution in [2.75, 3.05) is 18.7 Å². The second-order valence-electron chi connectivity index (χ2n) is 5.41. The summed E-state index contributed by atoms with van der Waals surface area (Å²) < 4.78 is 28.6. The van der Waals surface area contributed by atoms with Crippen LogP contribution in [0.15, 0.2) is 41.3 Å². The van der Waals surface area contributed by atoms with E-state index in [9.17, 15) is 13.2 Å². The highest BCUT2D eigenvalue weighted by Crippen LogP contribution is 2.26. The standard InChI is InChI=1S/C17H19NO4S/c1-11-5-8-16(22-3)15(9-11)18-17(19)14-10-13(23(4,20)21)7-6-12(14)2/h5-10H,1-4H3,(H,18,19). The molecule has 0 fully saturated rings. The highest BCUT2D eigenvalue weighted by atomic mass is 32.2. The van der Waals surface area contributed by atoms with E-state index in [0.717, 1.165) is 11.8 Å². The van der Waals surface area contributed by atoms with Crippen LogP contribution in [0.1, 0.15) is 21.5 Å². The van der Waals surface area contributed by atoms with Gasteiger partial charge in [-0.2, -0.15) is 0 Å². The van der Waals surface area contributed by atoms with Gasteiger partial charge in [0.25, 0.3) is 5.91 Å². The van der Waals surface area contributed by atoms with Crippen LogP contribution in [0, 0.1) is 13.8 Å². The van der Waals surface area contributed by atoms with E-state index in [1.54, 1.807) is 25.1 Å². The van der Waals surface area contributed by atoms with Crippen LogP contribution in [0.25, 0.3) is 0 Å². The average Bonchev–Trinajstić information content (AvgIpc) is 2.46. The number of rotatable bonds is 4. The second kappa shape index (κ2) is 6.42. The molecule has 0 saturated heterocycles. The highest BCUT2D eigenvalue weighted by Gasteiger charge is 2.16. The molecule has 6 heteroatoms. The predicted octanol–water partition coefficient (Wildman–Crippen LogP) is 2.97. The zero-order valence-corrected chi connectivity index (χ0v) is 14.3. The molecule has 0 aliphatic carbocycles. The molecule has 2 rings (SSSR count). The smallest absolute Gasteiger partial charge is 0.256 e. The average molecular weight is 333 g/mol. The Morgan fingerprint density at radius 1 is 1.09 bits per heavy atom. The third-order valence-electron chi connectivity index (χ3n) is 3.48. The summed E-state index contributed by atoms with van der Waals surface area (Å²) in [6.07, 6.45) is 1.11. The summed E-state index contributed by atoms with van der Waals surface area (Å²) >= 11 is 0. The number of anilines is 1. The summed E-state index contributed by atoms with van der Waals surface area (Å²) in [7, 11) is -1.85. The van der Waals surface area contributed by atoms with Crippen LogP contribution in [0.4, 0.5) is 5.69 Å². The lowest BCUT2D eigenvalue weighted by molar-refractivity contribution is 0.102. The van der Waals surface area contributed by atoms with Gasteiger partial charge in [-0.05, 0) is 49.2 Å². The van der Waals surface area contributed by atoms with Crippen molar-refractivity contribution in [1.29, 1.82) is 0 Å². The van der Waals surface area contributed by atoms with Crippen molar-refractivity contribution < 1.29 is 17.9 Å². The zero-order chi connectivity index (χ0) is 17.2. The molecule has 1 N–H and O–H groups in total. The molecule has 2 aromatic carbocycles. The Hall–Kier alpha value is -2.34. The van der Waals surface area contributed by atoms with Gasteiger partial charge in [-0.15, -0.1) is 0 Å². The second-order valence-corrected chi connectivity index (χ2v) is 7.42. The van der Waals surface area contributed by atoms with Gasteiger partial charge in [-0.25, -0.2) is 8.42 Å². The number of amides is 1. The minimum Gasteiger partial charge on any atom is -0.495 e. The predicted molar refractivity (Wildman–Crippen MR) is 90.0 cm³/mol. The van der Waals surface area contributed by atoms with E-state index in [1.165, 1.54) is 19.2 Å². The van der Waals surface area contributed by atoms with Crippen molar-refractivity contribution in [3.8, 4) is 5.75 Å². The first-order valence-electron chi connectivity index (χ1n) is 6.99. The fourth-order valence-corrected chi connectivity index (χ4v) is 2.83. The Kier molecular flexibility index (Phi) is 4.75. The lowest BCUT2D eigenvalue weighted by Crippen LogP contribution is -2.15. The van der Waals surface area contributed by atoms with E-state index in [1.807, 2.05) is 13.0 Å². The topological polar surface area (TPSA) is 72.5 Å². The van der Waals surface area contributed by atoms with Gasteiger partial charge in [0.15, 0.2) is 9.84 Å². The third-order valence-corrected chi connectivity index (χ3v) is 4.60. The first kappa shape index (κ1) is 17.0. The number of nitrogens with one attached hydrogen (secondary N) is 1. The molecule has 0 bridgehead atoms. The van der Waals surface area contributed by atoms with E-state index in [4.69, 9.17) is 4.74 Å². The number of hydrogen-bond donors (Lipinski definition) is 1. The van der Waals surface area contributed by atoms with Crippen LogP contribution in [-0.4, -0.2) is 27.7 Å². The molecule has 0 saturated carbocycles. The summed E-state index contributed by atoms with van der Waals surface area (Å²) in [6, 6.07) is 9.96. The largest absolute Gasteiger partial charge is 0.495 e. The zero-order valence-electron chi connectivity index (χ0n) is 13.5. The van der Waals surface area contributed by atoms with Gasteiger partial charge in [0.05, 0.1) is 17.7 Å². The molecule has 1 amide bonds. The Morgan fingerprint density at radius 2 is 1.78 bits per heavy atom. The summed E-state index contributed by atoms with van der Waals surface area (Å²) in [4.78, 5) is 12.6. The van der Waals surface area contributed by atoms with Crippen LogP contribution in [0.3, 0.4) is 0 Å². The molecule has 0 heterocycles. The molecule has 0 aliphatic heterocycles. The first-order valence-corrected chi connectivity index (χ1v) is 8.88. The Balaban J connectivity index is 2.40. The molecular weight excluding hydrogens is 314 g/mol. The lowest BCUT2D eigenvalue weighted by Gasteiger charge is -2.13. The van der Waals surface area contributed by atoms with E-state index < -0.39 is 9.84 Å². The summed E-state index contributed by atoms with van der Waals surface area (Å²) in [5.74, 6) is 0.165. The number of benzene rings is 2. The van der Waals surface area contributed by atoms with Crippen molar-refractivity contribution in [2.45, 2.75) is 18.7 Å². The minimum absolute atomic E-state index is 0.115. The first-order chi connectivity index (χ1) is 10.7. The van der Waals surface area contributed by atoms with Crippen LogP contribution in [0.5, 0.6) is 5.75 Å². The Bertz CT molecular complexity index is 857. The molecule has 2 aromatic rings. The van der Waals surface area contributed by atoms with Crippen LogP contribution in [0.2, 0.25) is 0 Å². The van der Waals surface area contributed by atoms with Gasteiger partial charge in [-0.1, -0.05) is 12.1 Å². The number of carbonyl (C=O) groups is 1. The third kappa shape index (κ3) is 3.90. The maximum Gasteiger partial charge on any atom is 0.256 e. The lowest BCUT2D eigenvalue weighted by atomic mass is 10.1. The highest BCUT2D eigenvalue weighted by molar-refractivity contribution is 7.90. The van der Waals surface area contributed by atoms with Gasteiger partial charge in [0, 0.05) is 11.8 Å². The molecule has 122 valence electrons. The van der Waals surface area contributed by atoms with Crippen LogP contribution in [-0.2, 0) is 9.84 Å². The van der Waals surface area contributed by atoms with Gasteiger partial charge in [0.2, 0.25) is 0 Å². The number of aryl methyl sites for hydroxylation is 2. The molecule has 0 spiro atoms. The number of sulfone groups is 1. The number of methoxy groups -OCH3 is 1. The Labute approximate surface area is 136 Å². The van der Waals surface area contributed by atoms with Gasteiger partial charge >= 0.3 is 0 Å². The molecule has 0 unspecified atom stereocenters. The maximum atomic E-state index is 12.5. The van der Waals surface area contributed by atoms with Crippen molar-refractivity contribution >= 4 is 21.4 Å². The summed E-state index contributed by atoms with van der Waals surface area (Å²) in [6.45, 7) is 3.67. The van der Waals surface area contributed by atoms with E-state index in [2.05, 4.69) is 5.32 Å². The molecule has 5 nitrogen and oxygen atoms in total. The maximum absolute atomic E-state index is 12.5. The van der Waals surface area contributed by atoms with Crippen molar-refractivity contribution in [3.63, 3.8) is 0 Å². The molecule has 0 atom stereocenters. The summed E-state index contributed by atoms with van der Waals surface area (Å²) in [5, 5.41) is 2.78. The molecule has 0 aliphatic rings. The van der Waals surface area contributed by atoms with Crippen molar-refractivity contribution in [3.05, 3.63) is 53.1 Å². The van der Waals surface area contributed by atoms with Crippen molar-refractivity contribution in [2.24, 2.45) is 0 Å². The molecule has 0 radical (unpaired) electrons. The normalized spacial score (nSPS) is 11.1. The molecular formula is C17H19NO4S. The fraction of sp³-hybridized carbons (Fsp3) is 0.235. The van der Waals surface area contributed by atoms with Crippen LogP contribution < -0.4 is 10.1 Å². The van der Waals surface area contributed by atoms with Crippen molar-refractivity contribution in [1.82, 2.24) is 0 Å². The van der Waals surface area contributed by atoms with Crippen LogP contribution >= 0.6 is 0 Å². The molecule has 23 heavy (non-hydrogen) atoms. The van der Waals surface area contributed by atoms with Gasteiger partial charge in [-0.3, -0.25) is 4.79 Å². The number of ether oxygens (including phenoxy) is 1. The van der Waals surface area contributed by atoms with Gasteiger partial charge in [0.1, 0.15) is 5.75 Å². The van der Waals surface area contributed by atoms with E-state index in [0.29, 0.717) is 22.6 Å². The molecule has 0 aromatic heterocycles. The van der Waals surface area contributed by atoms with E-state index in [-0.39, 0.29) is 10.8 Å². The summed E-state index contributed by atoms with van der Waals surface area (Å²) in [5.41, 5.74) is 2.53. The number of hydrogen-bond acceptors (Lipinski definition) is 4. The minimum atomic E-state index is -3.37.